The molecule has 0 radical (unpaired) electrons. The third-order valence-electron chi connectivity index (χ3n) is 3.52. The smallest absolute Gasteiger partial charge is 0.119 e. The second-order valence-corrected chi connectivity index (χ2v) is 5.43. The van der Waals surface area contributed by atoms with Crippen LogP contribution < -0.4 is 9.47 Å². The van der Waals surface area contributed by atoms with Gasteiger partial charge in [0.15, 0.2) is 0 Å². The molecule has 0 aliphatic rings. The van der Waals surface area contributed by atoms with Crippen molar-refractivity contribution in [1.82, 2.24) is 4.90 Å². The highest BCUT2D eigenvalue weighted by Gasteiger charge is 2.02. The van der Waals surface area contributed by atoms with Gasteiger partial charge in [0.05, 0.1) is 25.3 Å². The molecule has 0 saturated heterocycles. The van der Waals surface area contributed by atoms with Gasteiger partial charge in [0.25, 0.3) is 0 Å². The van der Waals surface area contributed by atoms with Crippen molar-refractivity contribution in [2.75, 3.05) is 27.3 Å². The lowest BCUT2D eigenvalue weighted by molar-refractivity contribution is 0.258. The van der Waals surface area contributed by atoms with Gasteiger partial charge < -0.3 is 14.4 Å². The lowest BCUT2D eigenvalue weighted by atomic mass is 10.1. The molecule has 0 fully saturated rings. The molecule has 4 nitrogen and oxygen atoms in total. The molecule has 2 aromatic carbocycles. The molecule has 0 saturated carbocycles. The Morgan fingerprint density at radius 2 is 1.83 bits per heavy atom. The fourth-order valence-corrected chi connectivity index (χ4v) is 2.33. The molecular formula is C19H22N2O2. The average Bonchev–Trinajstić information content (AvgIpc) is 2.59. The van der Waals surface area contributed by atoms with Gasteiger partial charge in [-0.15, -0.1) is 0 Å². The zero-order valence-corrected chi connectivity index (χ0v) is 13.7. The van der Waals surface area contributed by atoms with E-state index in [0.717, 1.165) is 36.6 Å². The minimum atomic E-state index is 0.676. The zero-order chi connectivity index (χ0) is 16.5. The quantitative estimate of drug-likeness (QED) is 0.700. The molecule has 23 heavy (non-hydrogen) atoms. The second-order valence-electron chi connectivity index (χ2n) is 5.43. The number of nitrogens with zero attached hydrogens (tertiary/aromatic N) is 2. The number of hydrogen-bond donors (Lipinski definition) is 0. The topological polar surface area (TPSA) is 45.5 Å². The van der Waals surface area contributed by atoms with Gasteiger partial charge in [0, 0.05) is 13.1 Å². The van der Waals surface area contributed by atoms with Crippen LogP contribution in [0.4, 0.5) is 0 Å². The highest BCUT2D eigenvalue weighted by atomic mass is 16.5. The molecule has 2 rings (SSSR count). The van der Waals surface area contributed by atoms with Crippen LogP contribution in [0, 0.1) is 11.3 Å². The maximum atomic E-state index is 8.92. The summed E-state index contributed by atoms with van der Waals surface area (Å²) < 4.78 is 10.8. The fraction of sp³-hybridized carbons (Fsp3) is 0.316. The third kappa shape index (κ3) is 5.65. The molecule has 0 aliphatic carbocycles. The summed E-state index contributed by atoms with van der Waals surface area (Å²) in [7, 11) is 3.73. The summed E-state index contributed by atoms with van der Waals surface area (Å²) in [6.45, 7) is 2.44. The SMILES string of the molecule is COc1ccc(OCCCN(C)Cc2cccc(C#N)c2)cc1. The Bertz CT molecular complexity index is 647. The molecule has 0 bridgehead atoms. The largest absolute Gasteiger partial charge is 0.497 e. The molecule has 0 amide bonds. The van der Waals surface area contributed by atoms with Crippen molar-refractivity contribution in [2.24, 2.45) is 0 Å². The maximum Gasteiger partial charge on any atom is 0.119 e. The van der Waals surface area contributed by atoms with E-state index in [9.17, 15) is 0 Å². The van der Waals surface area contributed by atoms with Gasteiger partial charge in [-0.05, 0) is 55.4 Å². The highest BCUT2D eigenvalue weighted by Crippen LogP contribution is 2.17. The van der Waals surface area contributed by atoms with Crippen LogP contribution in [0.25, 0.3) is 0 Å². The van der Waals surface area contributed by atoms with Crippen molar-refractivity contribution in [2.45, 2.75) is 13.0 Å². The van der Waals surface area contributed by atoms with Crippen molar-refractivity contribution >= 4 is 0 Å². The maximum absolute atomic E-state index is 8.92. The number of nitriles is 1. The van der Waals surface area contributed by atoms with E-state index in [1.54, 1.807) is 7.11 Å². The van der Waals surface area contributed by atoms with Crippen LogP contribution >= 0.6 is 0 Å². The van der Waals surface area contributed by atoms with Crippen LogP contribution in [-0.4, -0.2) is 32.2 Å². The molecule has 0 atom stereocenters. The van der Waals surface area contributed by atoms with Crippen LogP contribution in [0.3, 0.4) is 0 Å². The Kier molecular flexibility index (Phi) is 6.46. The standard InChI is InChI=1S/C19H22N2O2/c1-21(15-17-6-3-5-16(13-17)14-20)11-4-12-23-19-9-7-18(22-2)8-10-19/h3,5-10,13H,4,11-12,15H2,1-2H3. The third-order valence-corrected chi connectivity index (χ3v) is 3.52. The van der Waals surface area contributed by atoms with Crippen LogP contribution in [0.2, 0.25) is 0 Å². The van der Waals surface area contributed by atoms with E-state index in [4.69, 9.17) is 14.7 Å². The highest BCUT2D eigenvalue weighted by molar-refractivity contribution is 5.32. The van der Waals surface area contributed by atoms with E-state index in [-0.39, 0.29) is 0 Å². The minimum absolute atomic E-state index is 0.676. The van der Waals surface area contributed by atoms with Crippen LogP contribution in [0.1, 0.15) is 17.5 Å². The van der Waals surface area contributed by atoms with Gasteiger partial charge in [-0.25, -0.2) is 0 Å². The number of ether oxygens (including phenoxy) is 2. The summed E-state index contributed by atoms with van der Waals surface area (Å²) in [6, 6.07) is 17.5. The van der Waals surface area contributed by atoms with E-state index >= 15 is 0 Å². The normalized spacial score (nSPS) is 10.3. The van der Waals surface area contributed by atoms with E-state index < -0.39 is 0 Å². The Morgan fingerprint density at radius 3 is 2.52 bits per heavy atom. The number of methoxy groups -OCH3 is 1. The monoisotopic (exact) mass is 310 g/mol. The van der Waals surface area contributed by atoms with Crippen molar-refractivity contribution in [3.63, 3.8) is 0 Å². The van der Waals surface area contributed by atoms with Gasteiger partial charge in [-0.2, -0.15) is 5.26 Å². The molecule has 0 aromatic heterocycles. The number of rotatable bonds is 8. The first kappa shape index (κ1) is 16.9. The molecular weight excluding hydrogens is 288 g/mol. The first-order valence-electron chi connectivity index (χ1n) is 7.65. The Labute approximate surface area is 137 Å². The second kappa shape index (κ2) is 8.82. The summed E-state index contributed by atoms with van der Waals surface area (Å²) in [5.41, 5.74) is 1.86. The first-order chi connectivity index (χ1) is 11.2. The summed E-state index contributed by atoms with van der Waals surface area (Å²) in [5, 5.41) is 8.92. The number of hydrogen-bond acceptors (Lipinski definition) is 4. The van der Waals surface area contributed by atoms with Gasteiger partial charge in [-0.3, -0.25) is 0 Å². The minimum Gasteiger partial charge on any atom is -0.497 e. The number of benzene rings is 2. The van der Waals surface area contributed by atoms with E-state index in [0.29, 0.717) is 12.2 Å². The predicted molar refractivity (Wildman–Crippen MR) is 90.6 cm³/mol. The Morgan fingerprint density at radius 1 is 1.09 bits per heavy atom. The van der Waals surface area contributed by atoms with Crippen LogP contribution in [0.15, 0.2) is 48.5 Å². The van der Waals surface area contributed by atoms with Crippen molar-refractivity contribution in [3.8, 4) is 17.6 Å². The summed E-state index contributed by atoms with van der Waals surface area (Å²) >= 11 is 0. The van der Waals surface area contributed by atoms with Gasteiger partial charge in [0.1, 0.15) is 11.5 Å². The lowest BCUT2D eigenvalue weighted by Gasteiger charge is -2.17. The van der Waals surface area contributed by atoms with Crippen LogP contribution in [0.5, 0.6) is 11.5 Å². The summed E-state index contributed by atoms with van der Waals surface area (Å²) in [5.74, 6) is 1.69. The molecule has 0 spiro atoms. The van der Waals surface area contributed by atoms with Crippen LogP contribution in [-0.2, 0) is 6.54 Å². The lowest BCUT2D eigenvalue weighted by Crippen LogP contribution is -2.20. The van der Waals surface area contributed by atoms with Gasteiger partial charge in [0.2, 0.25) is 0 Å². The van der Waals surface area contributed by atoms with Gasteiger partial charge in [-0.1, -0.05) is 12.1 Å². The molecule has 0 aliphatic heterocycles. The first-order valence-corrected chi connectivity index (χ1v) is 7.65. The fourth-order valence-electron chi connectivity index (χ4n) is 2.33. The molecule has 120 valence electrons. The van der Waals surface area contributed by atoms with E-state index in [2.05, 4.69) is 18.0 Å². The molecule has 0 unspecified atom stereocenters. The Hall–Kier alpha value is -2.51. The molecule has 0 N–H and O–H groups in total. The van der Waals surface area contributed by atoms with Crippen molar-refractivity contribution in [1.29, 1.82) is 5.26 Å². The van der Waals surface area contributed by atoms with E-state index in [1.807, 2.05) is 48.5 Å². The molecule has 2 aromatic rings. The van der Waals surface area contributed by atoms with E-state index in [1.165, 1.54) is 0 Å². The van der Waals surface area contributed by atoms with Crippen molar-refractivity contribution in [3.05, 3.63) is 59.7 Å². The Balaban J connectivity index is 1.69. The summed E-state index contributed by atoms with van der Waals surface area (Å²) in [6.07, 6.45) is 0.945. The average molecular weight is 310 g/mol. The molecule has 0 heterocycles. The van der Waals surface area contributed by atoms with Gasteiger partial charge >= 0.3 is 0 Å². The summed E-state index contributed by atoms with van der Waals surface area (Å²) in [4.78, 5) is 2.23. The van der Waals surface area contributed by atoms with Crippen molar-refractivity contribution < 1.29 is 9.47 Å². The predicted octanol–water partition coefficient (Wildman–Crippen LogP) is 3.47. The molecule has 4 heteroatoms. The zero-order valence-electron chi connectivity index (χ0n) is 13.7.